The number of rotatable bonds is 6. The molecule has 0 bridgehead atoms. The minimum Gasteiger partial charge on any atom is -0.497 e. The van der Waals surface area contributed by atoms with Crippen LogP contribution in [0.25, 0.3) is 6.08 Å². The third-order valence-corrected chi connectivity index (χ3v) is 5.72. The van der Waals surface area contributed by atoms with Crippen molar-refractivity contribution in [3.63, 3.8) is 0 Å². The molecular formula is C23H24N4O4S. The third-order valence-electron chi connectivity index (χ3n) is 4.63. The molecule has 0 spiro atoms. The van der Waals surface area contributed by atoms with Crippen molar-refractivity contribution in [3.8, 4) is 5.75 Å². The molecule has 1 heterocycles. The molecular weight excluding hydrogens is 428 g/mol. The molecule has 0 saturated carbocycles. The SMILES string of the molecule is CNC(=O)NC(=O)C(C)SC1=N/C(=C\c2ccc(OC)cc2)C(=O)N1Cc1ccccc1. The number of aliphatic imine (C=N–C) groups is 1. The number of urea groups is 1. The second kappa shape index (κ2) is 10.6. The van der Waals surface area contributed by atoms with Gasteiger partial charge in [-0.15, -0.1) is 0 Å². The summed E-state index contributed by atoms with van der Waals surface area (Å²) < 4.78 is 5.17. The van der Waals surface area contributed by atoms with Crippen LogP contribution in [0.2, 0.25) is 0 Å². The summed E-state index contributed by atoms with van der Waals surface area (Å²) in [5.74, 6) is -0.0193. The van der Waals surface area contributed by atoms with E-state index in [0.717, 1.165) is 22.9 Å². The summed E-state index contributed by atoms with van der Waals surface area (Å²) in [6.45, 7) is 1.97. The Kier molecular flexibility index (Phi) is 7.67. The first-order valence-electron chi connectivity index (χ1n) is 9.90. The van der Waals surface area contributed by atoms with Crippen molar-refractivity contribution in [3.05, 3.63) is 71.4 Å². The summed E-state index contributed by atoms with van der Waals surface area (Å²) in [7, 11) is 3.02. The second-order valence-electron chi connectivity index (χ2n) is 6.90. The summed E-state index contributed by atoms with van der Waals surface area (Å²) in [5, 5.41) is 4.35. The molecule has 1 aliphatic rings. The van der Waals surface area contributed by atoms with Crippen molar-refractivity contribution in [1.82, 2.24) is 15.5 Å². The molecule has 0 fully saturated rings. The quantitative estimate of drug-likeness (QED) is 0.657. The van der Waals surface area contributed by atoms with Crippen LogP contribution in [0.3, 0.4) is 0 Å². The Bertz CT molecular complexity index is 1050. The zero-order chi connectivity index (χ0) is 23.1. The third kappa shape index (κ3) is 5.76. The number of methoxy groups -OCH3 is 1. The predicted molar refractivity (Wildman–Crippen MR) is 125 cm³/mol. The Hall–Kier alpha value is -3.59. The molecule has 2 N–H and O–H groups in total. The highest BCUT2D eigenvalue weighted by atomic mass is 32.2. The lowest BCUT2D eigenvalue weighted by atomic mass is 10.1. The Morgan fingerprint density at radius 3 is 2.47 bits per heavy atom. The fourth-order valence-electron chi connectivity index (χ4n) is 2.87. The summed E-state index contributed by atoms with van der Waals surface area (Å²) in [4.78, 5) is 43.0. The number of nitrogens with zero attached hydrogens (tertiary/aromatic N) is 2. The molecule has 0 saturated heterocycles. The van der Waals surface area contributed by atoms with Gasteiger partial charge in [-0.25, -0.2) is 9.79 Å². The largest absolute Gasteiger partial charge is 0.497 e. The minimum atomic E-state index is -0.641. The van der Waals surface area contributed by atoms with E-state index in [9.17, 15) is 14.4 Å². The molecule has 166 valence electrons. The van der Waals surface area contributed by atoms with Gasteiger partial charge in [0.15, 0.2) is 5.17 Å². The number of carbonyl (C=O) groups is 3. The number of amidine groups is 1. The van der Waals surface area contributed by atoms with E-state index in [0.29, 0.717) is 17.5 Å². The van der Waals surface area contributed by atoms with Crippen molar-refractivity contribution < 1.29 is 19.1 Å². The highest BCUT2D eigenvalue weighted by Gasteiger charge is 2.33. The van der Waals surface area contributed by atoms with Crippen LogP contribution in [0.15, 0.2) is 65.3 Å². The topological polar surface area (TPSA) is 100 Å². The predicted octanol–water partition coefficient (Wildman–Crippen LogP) is 3.01. The van der Waals surface area contributed by atoms with Crippen LogP contribution in [-0.4, -0.2) is 47.3 Å². The fraction of sp³-hybridized carbons (Fsp3) is 0.217. The van der Waals surface area contributed by atoms with Crippen LogP contribution in [0.4, 0.5) is 4.79 Å². The number of hydrogen-bond donors (Lipinski definition) is 2. The summed E-state index contributed by atoms with van der Waals surface area (Å²) in [5.41, 5.74) is 2.00. The van der Waals surface area contributed by atoms with Crippen LogP contribution in [0.1, 0.15) is 18.1 Å². The smallest absolute Gasteiger partial charge is 0.321 e. The van der Waals surface area contributed by atoms with E-state index in [1.165, 1.54) is 7.05 Å². The van der Waals surface area contributed by atoms with Crippen molar-refractivity contribution in [1.29, 1.82) is 0 Å². The zero-order valence-corrected chi connectivity index (χ0v) is 18.8. The van der Waals surface area contributed by atoms with Crippen LogP contribution < -0.4 is 15.4 Å². The summed E-state index contributed by atoms with van der Waals surface area (Å²) in [6.07, 6.45) is 1.70. The first-order chi connectivity index (χ1) is 15.4. The molecule has 1 atom stereocenters. The number of ether oxygens (including phenoxy) is 1. The van der Waals surface area contributed by atoms with Crippen LogP contribution in [0, 0.1) is 0 Å². The fourth-order valence-corrected chi connectivity index (χ4v) is 3.78. The normalized spacial score (nSPS) is 15.3. The lowest BCUT2D eigenvalue weighted by Gasteiger charge is -2.19. The Morgan fingerprint density at radius 1 is 1.16 bits per heavy atom. The second-order valence-corrected chi connectivity index (χ2v) is 8.21. The van der Waals surface area contributed by atoms with E-state index in [2.05, 4.69) is 15.6 Å². The Labute approximate surface area is 190 Å². The number of benzene rings is 2. The van der Waals surface area contributed by atoms with E-state index in [4.69, 9.17) is 4.74 Å². The van der Waals surface area contributed by atoms with Gasteiger partial charge >= 0.3 is 6.03 Å². The van der Waals surface area contributed by atoms with Crippen LogP contribution in [-0.2, 0) is 16.1 Å². The Morgan fingerprint density at radius 2 is 1.84 bits per heavy atom. The molecule has 32 heavy (non-hydrogen) atoms. The molecule has 4 amide bonds. The van der Waals surface area contributed by atoms with E-state index in [1.807, 2.05) is 42.5 Å². The number of amides is 4. The number of nitrogens with one attached hydrogen (secondary N) is 2. The monoisotopic (exact) mass is 452 g/mol. The highest BCUT2D eigenvalue weighted by molar-refractivity contribution is 8.14. The van der Waals surface area contributed by atoms with E-state index in [-0.39, 0.29) is 11.6 Å². The van der Waals surface area contributed by atoms with Gasteiger partial charge in [-0.05, 0) is 36.3 Å². The van der Waals surface area contributed by atoms with Gasteiger partial charge in [-0.3, -0.25) is 19.8 Å². The number of carbonyl (C=O) groups excluding carboxylic acids is 3. The number of thioether (sulfide) groups is 1. The molecule has 0 radical (unpaired) electrons. The van der Waals surface area contributed by atoms with Gasteiger partial charge in [0.25, 0.3) is 5.91 Å². The summed E-state index contributed by atoms with van der Waals surface area (Å²) in [6, 6.07) is 16.2. The van der Waals surface area contributed by atoms with Crippen LogP contribution in [0.5, 0.6) is 5.75 Å². The molecule has 0 aromatic heterocycles. The average molecular weight is 453 g/mol. The average Bonchev–Trinajstić information content (AvgIpc) is 3.08. The number of imide groups is 1. The zero-order valence-electron chi connectivity index (χ0n) is 18.0. The van der Waals surface area contributed by atoms with Gasteiger partial charge in [0.05, 0.1) is 18.9 Å². The van der Waals surface area contributed by atoms with E-state index in [1.54, 1.807) is 37.1 Å². The lowest BCUT2D eigenvalue weighted by molar-refractivity contribution is -0.123. The van der Waals surface area contributed by atoms with E-state index >= 15 is 0 Å². The maximum Gasteiger partial charge on any atom is 0.321 e. The Balaban J connectivity index is 1.86. The molecule has 1 unspecified atom stereocenters. The molecule has 0 aliphatic carbocycles. The first-order valence-corrected chi connectivity index (χ1v) is 10.8. The van der Waals surface area contributed by atoms with Gasteiger partial charge in [0.2, 0.25) is 5.91 Å². The molecule has 9 heteroatoms. The molecule has 2 aromatic rings. The molecule has 8 nitrogen and oxygen atoms in total. The molecule has 1 aliphatic heterocycles. The minimum absolute atomic E-state index is 0.258. The standard InChI is InChI=1S/C23H24N4O4S/c1-15(20(28)26-22(30)24-2)32-23-25-19(13-16-9-11-18(31-3)12-10-16)21(29)27(23)14-17-7-5-4-6-8-17/h4-13,15H,14H2,1-3H3,(H2,24,26,28,30)/b19-13-. The van der Waals surface area contributed by atoms with Crippen molar-refractivity contribution in [2.24, 2.45) is 4.99 Å². The maximum absolute atomic E-state index is 13.2. The van der Waals surface area contributed by atoms with Gasteiger partial charge in [-0.2, -0.15) is 0 Å². The molecule has 3 rings (SSSR count). The van der Waals surface area contributed by atoms with Gasteiger partial charge in [0.1, 0.15) is 11.4 Å². The first kappa shape index (κ1) is 23.1. The van der Waals surface area contributed by atoms with Crippen molar-refractivity contribution in [2.75, 3.05) is 14.2 Å². The maximum atomic E-state index is 13.2. The molecule has 2 aromatic carbocycles. The van der Waals surface area contributed by atoms with Gasteiger partial charge in [0, 0.05) is 7.05 Å². The van der Waals surface area contributed by atoms with E-state index < -0.39 is 17.2 Å². The van der Waals surface area contributed by atoms with Crippen molar-refractivity contribution in [2.45, 2.75) is 18.7 Å². The lowest BCUT2D eigenvalue weighted by Crippen LogP contribution is -2.42. The van der Waals surface area contributed by atoms with Crippen LogP contribution >= 0.6 is 11.8 Å². The van der Waals surface area contributed by atoms with Gasteiger partial charge in [-0.1, -0.05) is 54.2 Å². The van der Waals surface area contributed by atoms with Crippen molar-refractivity contribution >= 4 is 40.9 Å². The number of hydrogen-bond acceptors (Lipinski definition) is 6. The highest BCUT2D eigenvalue weighted by Crippen LogP contribution is 2.28. The van der Waals surface area contributed by atoms with Gasteiger partial charge < -0.3 is 10.1 Å². The summed E-state index contributed by atoms with van der Waals surface area (Å²) >= 11 is 1.12.